The fraction of sp³-hybridized carbons (Fsp3) is 0.647. The highest BCUT2D eigenvalue weighted by Gasteiger charge is 2.22. The minimum absolute atomic E-state index is 0.0332. The van der Waals surface area contributed by atoms with Gasteiger partial charge in [-0.3, -0.25) is 0 Å². The number of rotatable bonds is 1. The summed E-state index contributed by atoms with van der Waals surface area (Å²) < 4.78 is 19.0. The lowest BCUT2D eigenvalue weighted by Crippen LogP contribution is -2.14. The predicted octanol–water partition coefficient (Wildman–Crippen LogP) is 5.80. The first-order valence-electron chi connectivity index (χ1n) is 7.13. The standard InChI is InChI=1S/C13H19FO.2C2H6/c1-8-7-10(13(3,4)5)12(15-6)9(2)11(8)14;2*1-2/h7H,1-6H3;2*1-2H3. The Hall–Kier alpha value is -1.05. The summed E-state index contributed by atoms with van der Waals surface area (Å²) in [5.74, 6) is 0.505. The maximum absolute atomic E-state index is 13.7. The van der Waals surface area contributed by atoms with E-state index in [0.717, 1.165) is 5.56 Å². The van der Waals surface area contributed by atoms with Gasteiger partial charge in [-0.15, -0.1) is 0 Å². The average Bonchev–Trinajstić information content (AvgIpc) is 2.39. The number of aryl methyl sites for hydroxylation is 1. The Morgan fingerprint density at radius 1 is 1.00 bits per heavy atom. The first-order chi connectivity index (χ1) is 8.79. The molecule has 0 bridgehead atoms. The zero-order chi connectivity index (χ0) is 15.8. The van der Waals surface area contributed by atoms with Crippen LogP contribution in [0.25, 0.3) is 0 Å². The Morgan fingerprint density at radius 2 is 1.42 bits per heavy atom. The maximum Gasteiger partial charge on any atom is 0.132 e. The molecule has 1 nitrogen and oxygen atoms in total. The van der Waals surface area contributed by atoms with Crippen molar-refractivity contribution in [2.75, 3.05) is 7.11 Å². The van der Waals surface area contributed by atoms with Crippen molar-refractivity contribution < 1.29 is 9.13 Å². The van der Waals surface area contributed by atoms with Gasteiger partial charge >= 0.3 is 0 Å². The van der Waals surface area contributed by atoms with Crippen LogP contribution >= 0.6 is 0 Å². The van der Waals surface area contributed by atoms with Crippen molar-refractivity contribution in [3.63, 3.8) is 0 Å². The van der Waals surface area contributed by atoms with Gasteiger partial charge in [0.25, 0.3) is 0 Å². The summed E-state index contributed by atoms with van der Waals surface area (Å²) in [4.78, 5) is 0. The molecule has 0 aliphatic carbocycles. The van der Waals surface area contributed by atoms with Crippen molar-refractivity contribution >= 4 is 0 Å². The molecule has 0 atom stereocenters. The summed E-state index contributed by atoms with van der Waals surface area (Å²) in [6, 6.07) is 1.88. The third kappa shape index (κ3) is 5.22. The lowest BCUT2D eigenvalue weighted by atomic mass is 9.84. The Kier molecular flexibility index (Phi) is 9.55. The van der Waals surface area contributed by atoms with Crippen LogP contribution in [0.5, 0.6) is 5.75 Å². The van der Waals surface area contributed by atoms with Crippen LogP contribution < -0.4 is 4.74 Å². The lowest BCUT2D eigenvalue weighted by Gasteiger charge is -2.24. The van der Waals surface area contributed by atoms with Gasteiger partial charge < -0.3 is 4.74 Å². The van der Waals surface area contributed by atoms with E-state index in [4.69, 9.17) is 4.74 Å². The van der Waals surface area contributed by atoms with E-state index in [1.54, 1.807) is 21.0 Å². The molecule has 0 fully saturated rings. The molecule has 0 N–H and O–H groups in total. The number of hydrogen-bond acceptors (Lipinski definition) is 1. The largest absolute Gasteiger partial charge is 0.496 e. The second-order valence-electron chi connectivity index (χ2n) is 4.96. The molecule has 0 aliphatic heterocycles. The number of halogens is 1. The van der Waals surface area contributed by atoms with Crippen LogP contribution in [0.2, 0.25) is 0 Å². The molecule has 0 radical (unpaired) electrons. The minimum atomic E-state index is -0.167. The second kappa shape index (κ2) is 8.95. The fourth-order valence-electron chi connectivity index (χ4n) is 1.76. The molecule has 0 spiro atoms. The van der Waals surface area contributed by atoms with Gasteiger partial charge in [0.05, 0.1) is 7.11 Å². The molecule has 0 saturated carbocycles. The first-order valence-corrected chi connectivity index (χ1v) is 7.13. The summed E-state index contributed by atoms with van der Waals surface area (Å²) >= 11 is 0. The summed E-state index contributed by atoms with van der Waals surface area (Å²) in [6.07, 6.45) is 0. The van der Waals surface area contributed by atoms with E-state index in [0.29, 0.717) is 16.9 Å². The van der Waals surface area contributed by atoms with E-state index in [1.165, 1.54) is 0 Å². The fourth-order valence-corrected chi connectivity index (χ4v) is 1.76. The molecule has 1 rings (SSSR count). The average molecular weight is 270 g/mol. The van der Waals surface area contributed by atoms with Crippen molar-refractivity contribution in [3.8, 4) is 5.75 Å². The summed E-state index contributed by atoms with van der Waals surface area (Å²) in [7, 11) is 1.59. The van der Waals surface area contributed by atoms with Gasteiger partial charge in [-0.25, -0.2) is 4.39 Å². The molecule has 0 aliphatic rings. The van der Waals surface area contributed by atoms with Crippen LogP contribution in [0.1, 0.15) is 65.2 Å². The molecule has 19 heavy (non-hydrogen) atoms. The van der Waals surface area contributed by atoms with Gasteiger partial charge in [-0.2, -0.15) is 0 Å². The van der Waals surface area contributed by atoms with Gasteiger partial charge in [0.15, 0.2) is 0 Å². The summed E-state index contributed by atoms with van der Waals surface area (Å²) in [6.45, 7) is 17.8. The zero-order valence-electron chi connectivity index (χ0n) is 14.4. The number of hydrogen-bond donors (Lipinski definition) is 0. The molecule has 0 saturated heterocycles. The topological polar surface area (TPSA) is 9.23 Å². The van der Waals surface area contributed by atoms with Gasteiger partial charge in [-0.05, 0) is 30.9 Å². The molecule has 1 aromatic carbocycles. The third-order valence-electron chi connectivity index (χ3n) is 2.63. The van der Waals surface area contributed by atoms with Crippen LogP contribution in [0.3, 0.4) is 0 Å². The minimum Gasteiger partial charge on any atom is -0.496 e. The molecule has 0 amide bonds. The van der Waals surface area contributed by atoms with Crippen LogP contribution in [0, 0.1) is 19.7 Å². The molecule has 112 valence electrons. The van der Waals surface area contributed by atoms with E-state index in [1.807, 2.05) is 33.8 Å². The molecule has 0 aromatic heterocycles. The molecule has 0 heterocycles. The second-order valence-corrected chi connectivity index (χ2v) is 4.96. The van der Waals surface area contributed by atoms with E-state index in [2.05, 4.69) is 20.8 Å². The van der Waals surface area contributed by atoms with Crippen molar-refractivity contribution in [1.82, 2.24) is 0 Å². The Balaban J connectivity index is 0. The van der Waals surface area contributed by atoms with Crippen LogP contribution in [0.15, 0.2) is 6.07 Å². The van der Waals surface area contributed by atoms with Crippen molar-refractivity contribution in [1.29, 1.82) is 0 Å². The maximum atomic E-state index is 13.7. The molecular formula is C17H31FO. The highest BCUT2D eigenvalue weighted by molar-refractivity contribution is 5.48. The van der Waals surface area contributed by atoms with E-state index in [9.17, 15) is 4.39 Å². The zero-order valence-corrected chi connectivity index (χ0v) is 14.4. The Labute approximate surface area is 119 Å². The van der Waals surface area contributed by atoms with Gasteiger partial charge in [0, 0.05) is 11.1 Å². The van der Waals surface area contributed by atoms with Crippen molar-refractivity contribution in [3.05, 3.63) is 28.6 Å². The SMILES string of the molecule is CC.CC.COc1c(C(C)(C)C)cc(C)c(F)c1C. The first kappa shape index (κ1) is 20.3. The van der Waals surface area contributed by atoms with E-state index >= 15 is 0 Å². The number of methoxy groups -OCH3 is 1. The van der Waals surface area contributed by atoms with Crippen LogP contribution in [0.4, 0.5) is 4.39 Å². The number of ether oxygens (including phenoxy) is 1. The highest BCUT2D eigenvalue weighted by Crippen LogP contribution is 2.36. The number of benzene rings is 1. The normalized spacial score (nSPS) is 9.84. The van der Waals surface area contributed by atoms with Gasteiger partial charge in [0.2, 0.25) is 0 Å². The van der Waals surface area contributed by atoms with Crippen molar-refractivity contribution in [2.24, 2.45) is 0 Å². The quantitative estimate of drug-likeness (QED) is 0.626. The Morgan fingerprint density at radius 3 is 1.74 bits per heavy atom. The smallest absolute Gasteiger partial charge is 0.132 e. The van der Waals surface area contributed by atoms with E-state index in [-0.39, 0.29) is 11.2 Å². The lowest BCUT2D eigenvalue weighted by molar-refractivity contribution is 0.389. The molecule has 0 unspecified atom stereocenters. The summed E-state index contributed by atoms with van der Waals surface area (Å²) in [5, 5.41) is 0. The van der Waals surface area contributed by atoms with Crippen molar-refractivity contribution in [2.45, 2.75) is 67.7 Å². The van der Waals surface area contributed by atoms with E-state index < -0.39 is 0 Å². The van der Waals surface area contributed by atoms with Gasteiger partial charge in [-0.1, -0.05) is 48.5 Å². The third-order valence-corrected chi connectivity index (χ3v) is 2.63. The molecule has 1 aromatic rings. The monoisotopic (exact) mass is 270 g/mol. The highest BCUT2D eigenvalue weighted by atomic mass is 19.1. The molecular weight excluding hydrogens is 239 g/mol. The van der Waals surface area contributed by atoms with Crippen LogP contribution in [-0.4, -0.2) is 7.11 Å². The summed E-state index contributed by atoms with van der Waals surface area (Å²) in [5.41, 5.74) is 2.30. The van der Waals surface area contributed by atoms with Crippen LogP contribution in [-0.2, 0) is 5.41 Å². The molecule has 2 heteroatoms. The Bertz CT molecular complexity index is 376. The van der Waals surface area contributed by atoms with Gasteiger partial charge in [0.1, 0.15) is 11.6 Å². The predicted molar refractivity (Wildman–Crippen MR) is 83.8 cm³/mol.